The second kappa shape index (κ2) is 9.36. The summed E-state index contributed by atoms with van der Waals surface area (Å²) in [5.74, 6) is 0.881. The molecule has 4 heteroatoms. The fourth-order valence-corrected chi connectivity index (χ4v) is 2.22. The maximum Gasteiger partial charge on any atom is 0.133 e. The van der Waals surface area contributed by atoms with Crippen LogP contribution in [0, 0.1) is 0 Å². The highest BCUT2D eigenvalue weighted by atomic mass is 79.9. The summed E-state index contributed by atoms with van der Waals surface area (Å²) in [5, 5.41) is 3.16. The van der Waals surface area contributed by atoms with Gasteiger partial charge in [0.05, 0.1) is 11.1 Å². The number of nitrogens with one attached hydrogen (secondary N) is 1. The number of hydrogen-bond donors (Lipinski definition) is 1. The molecule has 0 amide bonds. The van der Waals surface area contributed by atoms with Gasteiger partial charge in [-0.2, -0.15) is 0 Å². The van der Waals surface area contributed by atoms with Gasteiger partial charge in [0.15, 0.2) is 0 Å². The van der Waals surface area contributed by atoms with E-state index in [1.54, 1.807) is 7.11 Å². The van der Waals surface area contributed by atoms with Crippen LogP contribution in [0.4, 0.5) is 0 Å². The molecule has 0 atom stereocenters. The summed E-state index contributed by atoms with van der Waals surface area (Å²) < 4.78 is 11.6. The highest BCUT2D eigenvalue weighted by Gasteiger charge is 2.02. The summed E-state index contributed by atoms with van der Waals surface area (Å²) in [6.07, 6.45) is 3.52. The number of unbranched alkanes of at least 4 members (excludes halogenated alkanes) is 1. The lowest BCUT2D eigenvalue weighted by molar-refractivity contribution is 0.146. The largest absolute Gasteiger partial charge is 0.490 e. The maximum atomic E-state index is 5.59. The zero-order valence-corrected chi connectivity index (χ0v) is 12.8. The van der Waals surface area contributed by atoms with Crippen molar-refractivity contribution in [1.29, 1.82) is 0 Å². The lowest BCUT2D eigenvalue weighted by Gasteiger charge is -2.09. The Morgan fingerprint density at radius 1 is 1.22 bits per heavy atom. The van der Waals surface area contributed by atoms with E-state index in [4.69, 9.17) is 9.47 Å². The average molecular weight is 316 g/mol. The highest BCUT2D eigenvalue weighted by Crippen LogP contribution is 2.26. The van der Waals surface area contributed by atoms with Gasteiger partial charge in [0.25, 0.3) is 0 Å². The Morgan fingerprint density at radius 3 is 2.72 bits per heavy atom. The summed E-state index contributed by atoms with van der Waals surface area (Å²) in [6.45, 7) is 2.27. The van der Waals surface area contributed by atoms with Gasteiger partial charge in [-0.25, -0.2) is 0 Å². The summed E-state index contributed by atoms with van der Waals surface area (Å²) in [7, 11) is 3.66. The first kappa shape index (κ1) is 15.5. The van der Waals surface area contributed by atoms with Gasteiger partial charge in [0.2, 0.25) is 0 Å². The first-order valence-electron chi connectivity index (χ1n) is 6.32. The molecule has 3 nitrogen and oxygen atoms in total. The highest BCUT2D eigenvalue weighted by molar-refractivity contribution is 9.10. The average Bonchev–Trinajstić information content (AvgIpc) is 2.37. The number of aryl methyl sites for hydroxylation is 1. The molecule has 1 N–H and O–H groups in total. The quantitative estimate of drug-likeness (QED) is 0.711. The Balaban J connectivity index is 2.41. The second-order valence-corrected chi connectivity index (χ2v) is 5.02. The predicted molar refractivity (Wildman–Crippen MR) is 78.4 cm³/mol. The van der Waals surface area contributed by atoms with Crippen LogP contribution >= 0.6 is 15.9 Å². The molecule has 0 fully saturated rings. The SMILES string of the molecule is CNCCCCc1ccc(OCCOC)c(Br)c1. The van der Waals surface area contributed by atoms with Crippen molar-refractivity contribution >= 4 is 15.9 Å². The van der Waals surface area contributed by atoms with Crippen molar-refractivity contribution < 1.29 is 9.47 Å². The molecule has 1 aromatic rings. The van der Waals surface area contributed by atoms with Gasteiger partial charge < -0.3 is 14.8 Å². The van der Waals surface area contributed by atoms with Gasteiger partial charge in [-0.1, -0.05) is 6.07 Å². The summed E-state index contributed by atoms with van der Waals surface area (Å²) in [4.78, 5) is 0. The second-order valence-electron chi connectivity index (χ2n) is 4.17. The molecule has 1 rings (SSSR count). The minimum absolute atomic E-state index is 0.580. The Hall–Kier alpha value is -0.580. The minimum atomic E-state index is 0.580. The molecule has 0 aliphatic rings. The van der Waals surface area contributed by atoms with Crippen LogP contribution in [0.2, 0.25) is 0 Å². The Bertz CT molecular complexity index is 345. The van der Waals surface area contributed by atoms with Crippen LogP contribution in [-0.2, 0) is 11.2 Å². The molecule has 0 bridgehead atoms. The molecule has 0 aromatic heterocycles. The van der Waals surface area contributed by atoms with Gasteiger partial charge in [-0.3, -0.25) is 0 Å². The van der Waals surface area contributed by atoms with Crippen LogP contribution in [0.1, 0.15) is 18.4 Å². The molecule has 0 spiro atoms. The van der Waals surface area contributed by atoms with E-state index in [1.165, 1.54) is 18.4 Å². The Morgan fingerprint density at radius 2 is 2.06 bits per heavy atom. The fourth-order valence-electron chi connectivity index (χ4n) is 1.68. The van der Waals surface area contributed by atoms with E-state index in [9.17, 15) is 0 Å². The molecule has 1 aromatic carbocycles. The molecular weight excluding hydrogens is 294 g/mol. The summed E-state index contributed by atoms with van der Waals surface area (Å²) >= 11 is 3.54. The zero-order chi connectivity index (χ0) is 13.2. The van der Waals surface area contributed by atoms with Crippen molar-refractivity contribution in [3.63, 3.8) is 0 Å². The lowest BCUT2D eigenvalue weighted by Crippen LogP contribution is -2.07. The number of benzene rings is 1. The van der Waals surface area contributed by atoms with Gasteiger partial charge in [0.1, 0.15) is 12.4 Å². The van der Waals surface area contributed by atoms with Crippen molar-refractivity contribution in [2.45, 2.75) is 19.3 Å². The molecule has 0 radical (unpaired) electrons. The molecule has 0 aliphatic carbocycles. The van der Waals surface area contributed by atoms with Crippen LogP contribution < -0.4 is 10.1 Å². The van der Waals surface area contributed by atoms with Crippen LogP contribution in [-0.4, -0.2) is 33.9 Å². The number of methoxy groups -OCH3 is 1. The molecule has 18 heavy (non-hydrogen) atoms. The van der Waals surface area contributed by atoms with Crippen molar-refractivity contribution in [2.75, 3.05) is 33.9 Å². The van der Waals surface area contributed by atoms with Crippen LogP contribution in [0.25, 0.3) is 0 Å². The molecule has 0 saturated heterocycles. The van der Waals surface area contributed by atoms with Crippen molar-refractivity contribution in [3.05, 3.63) is 28.2 Å². The van der Waals surface area contributed by atoms with Gasteiger partial charge in [0, 0.05) is 7.11 Å². The molecule has 0 aliphatic heterocycles. The monoisotopic (exact) mass is 315 g/mol. The van der Waals surface area contributed by atoms with Crippen molar-refractivity contribution in [3.8, 4) is 5.75 Å². The lowest BCUT2D eigenvalue weighted by atomic mass is 10.1. The number of ether oxygens (including phenoxy) is 2. The number of halogens is 1. The third-order valence-corrected chi connectivity index (χ3v) is 3.30. The normalized spacial score (nSPS) is 10.6. The van der Waals surface area contributed by atoms with Crippen molar-refractivity contribution in [1.82, 2.24) is 5.32 Å². The number of hydrogen-bond acceptors (Lipinski definition) is 3. The number of rotatable bonds is 9. The standard InChI is InChI=1S/C14H22BrNO2/c1-16-8-4-3-5-12-6-7-14(13(15)11-12)18-10-9-17-2/h6-7,11,16H,3-5,8-10H2,1-2H3. The first-order valence-corrected chi connectivity index (χ1v) is 7.12. The molecule has 0 saturated carbocycles. The Labute approximate surface area is 118 Å². The minimum Gasteiger partial charge on any atom is -0.490 e. The van der Waals surface area contributed by atoms with Crippen LogP contribution in [0.5, 0.6) is 5.75 Å². The topological polar surface area (TPSA) is 30.5 Å². The maximum absolute atomic E-state index is 5.59. The van der Waals surface area contributed by atoms with Gasteiger partial charge in [-0.15, -0.1) is 0 Å². The van der Waals surface area contributed by atoms with E-state index < -0.39 is 0 Å². The van der Waals surface area contributed by atoms with E-state index in [0.29, 0.717) is 13.2 Å². The fraction of sp³-hybridized carbons (Fsp3) is 0.571. The van der Waals surface area contributed by atoms with E-state index in [2.05, 4.69) is 33.4 Å². The third kappa shape index (κ3) is 5.85. The smallest absolute Gasteiger partial charge is 0.133 e. The summed E-state index contributed by atoms with van der Waals surface area (Å²) in [6, 6.07) is 6.29. The zero-order valence-electron chi connectivity index (χ0n) is 11.2. The van der Waals surface area contributed by atoms with E-state index in [0.717, 1.165) is 23.2 Å². The van der Waals surface area contributed by atoms with Crippen LogP contribution in [0.3, 0.4) is 0 Å². The molecule has 0 heterocycles. The molecular formula is C14H22BrNO2. The van der Waals surface area contributed by atoms with Crippen LogP contribution in [0.15, 0.2) is 22.7 Å². The van der Waals surface area contributed by atoms with E-state index in [1.807, 2.05) is 13.1 Å². The molecule has 0 unspecified atom stereocenters. The third-order valence-electron chi connectivity index (χ3n) is 2.68. The van der Waals surface area contributed by atoms with E-state index in [-0.39, 0.29) is 0 Å². The Kier molecular flexibility index (Phi) is 8.05. The summed E-state index contributed by atoms with van der Waals surface area (Å²) in [5.41, 5.74) is 1.34. The van der Waals surface area contributed by atoms with Gasteiger partial charge >= 0.3 is 0 Å². The molecule has 102 valence electrons. The van der Waals surface area contributed by atoms with E-state index >= 15 is 0 Å². The van der Waals surface area contributed by atoms with Crippen molar-refractivity contribution in [2.24, 2.45) is 0 Å². The predicted octanol–water partition coefficient (Wildman–Crippen LogP) is 3.02. The van der Waals surface area contributed by atoms with Gasteiger partial charge in [-0.05, 0) is 66.5 Å². The first-order chi connectivity index (χ1) is 8.77.